The van der Waals surface area contributed by atoms with Gasteiger partial charge in [0.2, 0.25) is 0 Å². The first kappa shape index (κ1) is 14.1. The zero-order valence-corrected chi connectivity index (χ0v) is 12.5. The van der Waals surface area contributed by atoms with Crippen LogP contribution in [0.4, 0.5) is 0 Å². The van der Waals surface area contributed by atoms with Crippen molar-refractivity contribution in [1.82, 2.24) is 10.1 Å². The number of phenolic OH excluding ortho intramolecular Hbond substituents is 1. The molecule has 24 heavy (non-hydrogen) atoms. The summed E-state index contributed by atoms with van der Waals surface area (Å²) in [6, 6.07) is 17.7. The van der Waals surface area contributed by atoms with Gasteiger partial charge in [-0.25, -0.2) is 4.98 Å². The highest BCUT2D eigenvalue weighted by Gasteiger charge is 2.17. The fourth-order valence-electron chi connectivity index (χ4n) is 2.58. The number of rotatable bonds is 3. The van der Waals surface area contributed by atoms with Gasteiger partial charge in [-0.3, -0.25) is 4.79 Å². The summed E-state index contributed by atoms with van der Waals surface area (Å²) in [6.45, 7) is 0. The second kappa shape index (κ2) is 5.62. The van der Waals surface area contributed by atoms with E-state index >= 15 is 0 Å². The topological polar surface area (TPSA) is 76.2 Å². The quantitative estimate of drug-likeness (QED) is 0.581. The van der Waals surface area contributed by atoms with Gasteiger partial charge in [-0.2, -0.15) is 0 Å². The van der Waals surface area contributed by atoms with Crippen molar-refractivity contribution < 1.29 is 14.4 Å². The first-order chi connectivity index (χ1) is 11.7. The highest BCUT2D eigenvalue weighted by atomic mass is 16.5. The summed E-state index contributed by atoms with van der Waals surface area (Å²) in [5.41, 5.74) is 2.47. The Hall–Kier alpha value is -3.47. The zero-order valence-electron chi connectivity index (χ0n) is 12.5. The van der Waals surface area contributed by atoms with Crippen LogP contribution in [0.25, 0.3) is 22.4 Å². The number of aromatic hydroxyl groups is 1. The van der Waals surface area contributed by atoms with E-state index in [0.717, 1.165) is 5.56 Å². The highest BCUT2D eigenvalue weighted by molar-refractivity contribution is 6.12. The van der Waals surface area contributed by atoms with Crippen molar-refractivity contribution >= 4 is 16.9 Å². The Bertz CT molecular complexity index is 1040. The monoisotopic (exact) mass is 316 g/mol. The standard InChI is InChI=1S/C19H12N2O3/c22-16-9-5-4-8-14(16)18(23)13-10-15-17(12-6-2-1-3-7-12)21-24-19(15)20-11-13/h1-11,22H. The van der Waals surface area contributed by atoms with Crippen molar-refractivity contribution in [3.63, 3.8) is 0 Å². The van der Waals surface area contributed by atoms with Gasteiger partial charge in [-0.1, -0.05) is 47.6 Å². The number of carbonyl (C=O) groups excluding carboxylic acids is 1. The van der Waals surface area contributed by atoms with Crippen LogP contribution in [0.15, 0.2) is 71.4 Å². The lowest BCUT2D eigenvalue weighted by atomic mass is 10.0. The number of para-hydroxylation sites is 1. The summed E-state index contributed by atoms with van der Waals surface area (Å²) in [6.07, 6.45) is 1.43. The van der Waals surface area contributed by atoms with Gasteiger partial charge in [-0.15, -0.1) is 0 Å². The molecule has 0 aliphatic heterocycles. The summed E-state index contributed by atoms with van der Waals surface area (Å²) in [7, 11) is 0. The van der Waals surface area contributed by atoms with Crippen LogP contribution in [0, 0.1) is 0 Å². The molecule has 0 bridgehead atoms. The van der Waals surface area contributed by atoms with Crippen LogP contribution in [-0.4, -0.2) is 21.0 Å². The van der Waals surface area contributed by atoms with Gasteiger partial charge in [0.1, 0.15) is 11.4 Å². The Morgan fingerprint density at radius 3 is 2.54 bits per heavy atom. The molecule has 2 aromatic heterocycles. The number of benzene rings is 2. The fraction of sp³-hybridized carbons (Fsp3) is 0. The van der Waals surface area contributed by atoms with Gasteiger partial charge in [0, 0.05) is 17.3 Å². The van der Waals surface area contributed by atoms with Crippen LogP contribution in [0.3, 0.4) is 0 Å². The van der Waals surface area contributed by atoms with E-state index in [0.29, 0.717) is 22.4 Å². The largest absolute Gasteiger partial charge is 0.507 e. The zero-order chi connectivity index (χ0) is 16.5. The Labute approximate surface area is 137 Å². The van der Waals surface area contributed by atoms with E-state index < -0.39 is 0 Å². The summed E-state index contributed by atoms with van der Waals surface area (Å²) in [5.74, 6) is -0.362. The third-order valence-electron chi connectivity index (χ3n) is 3.79. The number of pyridine rings is 1. The van der Waals surface area contributed by atoms with Crippen LogP contribution < -0.4 is 0 Å². The molecule has 0 fully saturated rings. The molecule has 5 heteroatoms. The van der Waals surface area contributed by atoms with Gasteiger partial charge < -0.3 is 9.63 Å². The number of nitrogens with zero attached hydrogens (tertiary/aromatic N) is 2. The van der Waals surface area contributed by atoms with E-state index in [1.54, 1.807) is 24.3 Å². The number of phenols is 1. The van der Waals surface area contributed by atoms with Gasteiger partial charge in [0.25, 0.3) is 5.71 Å². The molecule has 0 amide bonds. The molecule has 0 radical (unpaired) electrons. The summed E-state index contributed by atoms with van der Waals surface area (Å²) >= 11 is 0. The summed E-state index contributed by atoms with van der Waals surface area (Å²) < 4.78 is 5.25. The van der Waals surface area contributed by atoms with Crippen molar-refractivity contribution in [3.8, 4) is 17.0 Å². The van der Waals surface area contributed by atoms with Crippen molar-refractivity contribution in [2.75, 3.05) is 0 Å². The Morgan fingerprint density at radius 2 is 1.75 bits per heavy atom. The van der Waals surface area contributed by atoms with Crippen molar-refractivity contribution in [2.24, 2.45) is 0 Å². The van der Waals surface area contributed by atoms with Crippen molar-refractivity contribution in [3.05, 3.63) is 78.0 Å². The Kier molecular flexibility index (Phi) is 3.31. The smallest absolute Gasteiger partial charge is 0.258 e. The number of fused-ring (bicyclic) bond motifs is 1. The van der Waals surface area contributed by atoms with Crippen LogP contribution >= 0.6 is 0 Å². The van der Waals surface area contributed by atoms with Gasteiger partial charge in [-0.05, 0) is 18.2 Å². The molecule has 1 N–H and O–H groups in total. The third-order valence-corrected chi connectivity index (χ3v) is 3.79. The van der Waals surface area contributed by atoms with Crippen LogP contribution in [0.2, 0.25) is 0 Å². The maximum Gasteiger partial charge on any atom is 0.258 e. The molecule has 2 heterocycles. The minimum Gasteiger partial charge on any atom is -0.507 e. The van der Waals surface area contributed by atoms with E-state index in [4.69, 9.17) is 4.52 Å². The molecule has 116 valence electrons. The normalized spacial score (nSPS) is 10.8. The molecule has 0 spiro atoms. The second-order valence-electron chi connectivity index (χ2n) is 5.32. The average Bonchev–Trinajstić information content (AvgIpc) is 3.05. The molecule has 0 unspecified atom stereocenters. The van der Waals surface area contributed by atoms with Gasteiger partial charge in [0.15, 0.2) is 5.78 Å². The number of hydrogen-bond donors (Lipinski definition) is 1. The lowest BCUT2D eigenvalue weighted by molar-refractivity contribution is 0.103. The van der Waals surface area contributed by atoms with E-state index in [2.05, 4.69) is 10.1 Å². The molecule has 0 atom stereocenters. The Balaban J connectivity index is 1.84. The number of hydrogen-bond acceptors (Lipinski definition) is 5. The number of aromatic nitrogens is 2. The average molecular weight is 316 g/mol. The van der Waals surface area contributed by atoms with E-state index in [1.807, 2.05) is 30.3 Å². The Morgan fingerprint density at radius 1 is 1.00 bits per heavy atom. The SMILES string of the molecule is O=C(c1cnc2onc(-c3ccccc3)c2c1)c1ccccc1O. The molecular formula is C19H12N2O3. The molecule has 0 saturated heterocycles. The molecule has 4 rings (SSSR count). The molecular weight excluding hydrogens is 304 g/mol. The highest BCUT2D eigenvalue weighted by Crippen LogP contribution is 2.28. The maximum atomic E-state index is 12.6. The minimum absolute atomic E-state index is 0.0591. The predicted molar refractivity (Wildman–Crippen MR) is 88.8 cm³/mol. The van der Waals surface area contributed by atoms with Crippen LogP contribution in [0.5, 0.6) is 5.75 Å². The van der Waals surface area contributed by atoms with Gasteiger partial charge in [0.05, 0.1) is 10.9 Å². The maximum absolute atomic E-state index is 12.6. The molecule has 0 aliphatic carbocycles. The molecule has 4 aromatic rings. The number of ketones is 1. The van der Waals surface area contributed by atoms with E-state index in [9.17, 15) is 9.90 Å². The van der Waals surface area contributed by atoms with E-state index in [-0.39, 0.29) is 17.1 Å². The van der Waals surface area contributed by atoms with Crippen molar-refractivity contribution in [2.45, 2.75) is 0 Å². The van der Waals surface area contributed by atoms with E-state index in [1.165, 1.54) is 12.3 Å². The predicted octanol–water partition coefficient (Wildman–Crippen LogP) is 3.83. The molecule has 0 saturated carbocycles. The minimum atomic E-state index is -0.303. The second-order valence-corrected chi connectivity index (χ2v) is 5.32. The first-order valence-corrected chi connectivity index (χ1v) is 7.37. The van der Waals surface area contributed by atoms with Crippen LogP contribution in [0.1, 0.15) is 15.9 Å². The third kappa shape index (κ3) is 2.32. The lowest BCUT2D eigenvalue weighted by Gasteiger charge is -2.03. The van der Waals surface area contributed by atoms with Crippen molar-refractivity contribution in [1.29, 1.82) is 0 Å². The molecule has 0 aliphatic rings. The fourth-order valence-corrected chi connectivity index (χ4v) is 2.58. The molecule has 2 aromatic carbocycles. The van der Waals surface area contributed by atoms with Crippen LogP contribution in [-0.2, 0) is 0 Å². The lowest BCUT2D eigenvalue weighted by Crippen LogP contribution is -2.02. The summed E-state index contributed by atoms with van der Waals surface area (Å²) in [4.78, 5) is 16.8. The number of carbonyl (C=O) groups is 1. The first-order valence-electron chi connectivity index (χ1n) is 7.37. The molecule has 5 nitrogen and oxygen atoms in total. The summed E-state index contributed by atoms with van der Waals surface area (Å²) in [5, 5.41) is 14.6. The van der Waals surface area contributed by atoms with Gasteiger partial charge >= 0.3 is 0 Å².